The van der Waals surface area contributed by atoms with Crippen molar-refractivity contribution in [2.24, 2.45) is 0 Å². The molecule has 1 atom stereocenters. The molecule has 4 rings (SSSR count). The number of hydrogen-bond acceptors (Lipinski definition) is 4. The van der Waals surface area contributed by atoms with Crippen molar-refractivity contribution in [3.05, 3.63) is 90.3 Å². The first kappa shape index (κ1) is 19.0. The molecular weight excluding hydrogens is 362 g/mol. The van der Waals surface area contributed by atoms with Crippen LogP contribution in [-0.2, 0) is 6.54 Å². The van der Waals surface area contributed by atoms with Crippen molar-refractivity contribution >= 4 is 0 Å². The van der Waals surface area contributed by atoms with Crippen LogP contribution in [-0.4, -0.2) is 26.4 Å². The number of pyridine rings is 1. The Hall–Kier alpha value is -3.38. The lowest BCUT2D eigenvalue weighted by Gasteiger charge is -2.16. The Kier molecular flexibility index (Phi) is 5.44. The molecule has 0 aliphatic heterocycles. The van der Waals surface area contributed by atoms with Gasteiger partial charge in [-0.15, -0.1) is 0 Å². The predicted octanol–water partition coefficient (Wildman–Crippen LogP) is 4.23. The van der Waals surface area contributed by atoms with E-state index in [2.05, 4.69) is 58.2 Å². The Morgan fingerprint density at radius 2 is 1.86 bits per heavy atom. The second-order valence-corrected chi connectivity index (χ2v) is 6.98. The van der Waals surface area contributed by atoms with E-state index in [0.717, 1.165) is 29.4 Å². The smallest absolute Gasteiger partial charge is 0.119 e. The number of benzene rings is 1. The fraction of sp³-hybridized carbons (Fsp3) is 0.217. The molecule has 0 spiro atoms. The van der Waals surface area contributed by atoms with Crippen molar-refractivity contribution < 1.29 is 4.74 Å². The molecule has 3 heterocycles. The van der Waals surface area contributed by atoms with E-state index in [4.69, 9.17) is 4.74 Å². The molecule has 4 aromatic rings. The second kappa shape index (κ2) is 8.32. The first-order chi connectivity index (χ1) is 14.2. The molecule has 6 nitrogen and oxygen atoms in total. The molecule has 0 aliphatic carbocycles. The summed E-state index contributed by atoms with van der Waals surface area (Å²) in [5.41, 5.74) is 5.57. The molecule has 0 saturated carbocycles. The van der Waals surface area contributed by atoms with Gasteiger partial charge in [0.15, 0.2) is 0 Å². The summed E-state index contributed by atoms with van der Waals surface area (Å²) >= 11 is 0. The maximum absolute atomic E-state index is 5.24. The molecule has 29 heavy (non-hydrogen) atoms. The first-order valence-electron chi connectivity index (χ1n) is 9.66. The van der Waals surface area contributed by atoms with Crippen molar-refractivity contribution in [1.29, 1.82) is 0 Å². The summed E-state index contributed by atoms with van der Waals surface area (Å²) in [5, 5.41) is 8.22. The Bertz CT molecular complexity index is 1070. The van der Waals surface area contributed by atoms with Crippen molar-refractivity contribution in [2.45, 2.75) is 26.4 Å². The highest BCUT2D eigenvalue weighted by molar-refractivity contribution is 5.39. The zero-order valence-corrected chi connectivity index (χ0v) is 16.9. The SMILES string of the molecule is COc1ccc(-n2ncc([C@H](C)NCc3cccn3-c3cccnc3)c2C)cc1. The zero-order chi connectivity index (χ0) is 20.2. The van der Waals surface area contributed by atoms with E-state index < -0.39 is 0 Å². The van der Waals surface area contributed by atoms with E-state index in [1.165, 1.54) is 11.3 Å². The molecule has 3 aromatic heterocycles. The molecule has 1 N–H and O–H groups in total. The Labute approximate surface area is 170 Å². The van der Waals surface area contributed by atoms with E-state index in [1.807, 2.05) is 47.4 Å². The van der Waals surface area contributed by atoms with Crippen molar-refractivity contribution in [3.63, 3.8) is 0 Å². The average Bonchev–Trinajstić information content (AvgIpc) is 3.39. The number of methoxy groups -OCH3 is 1. The molecule has 0 fully saturated rings. The first-order valence-corrected chi connectivity index (χ1v) is 9.66. The molecule has 0 amide bonds. The number of hydrogen-bond donors (Lipinski definition) is 1. The number of ether oxygens (including phenoxy) is 1. The molecule has 0 radical (unpaired) electrons. The van der Waals surface area contributed by atoms with Gasteiger partial charge in [-0.2, -0.15) is 5.10 Å². The van der Waals surface area contributed by atoms with Crippen molar-refractivity contribution in [3.8, 4) is 17.1 Å². The minimum Gasteiger partial charge on any atom is -0.497 e. The summed E-state index contributed by atoms with van der Waals surface area (Å²) in [6.07, 6.45) is 7.66. The highest BCUT2D eigenvalue weighted by atomic mass is 16.5. The van der Waals surface area contributed by atoms with Gasteiger partial charge in [0.05, 0.1) is 30.9 Å². The van der Waals surface area contributed by atoms with Crippen LogP contribution in [0.25, 0.3) is 11.4 Å². The van der Waals surface area contributed by atoms with E-state index in [9.17, 15) is 0 Å². The van der Waals surface area contributed by atoms with Crippen molar-refractivity contribution in [1.82, 2.24) is 24.6 Å². The summed E-state index contributed by atoms with van der Waals surface area (Å²) in [6, 6.07) is 16.3. The quantitative estimate of drug-likeness (QED) is 0.516. The van der Waals surface area contributed by atoms with Crippen LogP contribution in [0.1, 0.15) is 29.9 Å². The van der Waals surface area contributed by atoms with Gasteiger partial charge in [0.1, 0.15) is 5.75 Å². The monoisotopic (exact) mass is 387 g/mol. The maximum atomic E-state index is 5.24. The van der Waals surface area contributed by atoms with E-state index in [0.29, 0.717) is 0 Å². The van der Waals surface area contributed by atoms with Crippen LogP contribution in [0.2, 0.25) is 0 Å². The Balaban J connectivity index is 1.48. The third-order valence-corrected chi connectivity index (χ3v) is 5.18. The molecular formula is C23H25N5O. The summed E-state index contributed by atoms with van der Waals surface area (Å²) in [6.45, 7) is 5.01. The van der Waals surface area contributed by atoms with Crippen LogP contribution >= 0.6 is 0 Å². The number of rotatable bonds is 7. The summed E-state index contributed by atoms with van der Waals surface area (Å²) < 4.78 is 9.36. The molecule has 0 bridgehead atoms. The minimum absolute atomic E-state index is 0.166. The van der Waals surface area contributed by atoms with Gasteiger partial charge in [0.25, 0.3) is 0 Å². The fourth-order valence-corrected chi connectivity index (χ4v) is 3.51. The van der Waals surface area contributed by atoms with Crippen LogP contribution in [0.5, 0.6) is 5.75 Å². The number of aromatic nitrogens is 4. The van der Waals surface area contributed by atoms with Gasteiger partial charge in [0, 0.05) is 41.9 Å². The molecule has 0 aliphatic rings. The molecule has 148 valence electrons. The zero-order valence-electron chi connectivity index (χ0n) is 16.9. The highest BCUT2D eigenvalue weighted by Gasteiger charge is 2.15. The lowest BCUT2D eigenvalue weighted by atomic mass is 10.1. The third-order valence-electron chi connectivity index (χ3n) is 5.18. The van der Waals surface area contributed by atoms with Crippen LogP contribution < -0.4 is 10.1 Å². The van der Waals surface area contributed by atoms with E-state index >= 15 is 0 Å². The van der Waals surface area contributed by atoms with E-state index in [-0.39, 0.29) is 6.04 Å². The lowest BCUT2D eigenvalue weighted by Crippen LogP contribution is -2.20. The van der Waals surface area contributed by atoms with Gasteiger partial charge < -0.3 is 14.6 Å². The lowest BCUT2D eigenvalue weighted by molar-refractivity contribution is 0.414. The third kappa shape index (κ3) is 3.93. The average molecular weight is 387 g/mol. The predicted molar refractivity (Wildman–Crippen MR) is 114 cm³/mol. The van der Waals surface area contributed by atoms with Gasteiger partial charge in [0.2, 0.25) is 0 Å². The Morgan fingerprint density at radius 1 is 1.03 bits per heavy atom. The molecule has 0 unspecified atom stereocenters. The topological polar surface area (TPSA) is 56.9 Å². The van der Waals surface area contributed by atoms with Crippen LogP contribution in [0, 0.1) is 6.92 Å². The molecule has 6 heteroatoms. The summed E-state index contributed by atoms with van der Waals surface area (Å²) in [4.78, 5) is 4.22. The van der Waals surface area contributed by atoms with Gasteiger partial charge in [-0.05, 0) is 62.4 Å². The highest BCUT2D eigenvalue weighted by Crippen LogP contribution is 2.22. The van der Waals surface area contributed by atoms with E-state index in [1.54, 1.807) is 13.3 Å². The standard InChI is InChI=1S/C23H25N5O/c1-17(25-15-21-7-5-13-27(21)20-6-4-12-24-14-20)23-16-26-28(18(23)2)19-8-10-22(29-3)11-9-19/h4-14,16-17,25H,15H2,1-3H3/t17-/m0/s1. The number of nitrogens with one attached hydrogen (secondary N) is 1. The number of nitrogens with zero attached hydrogens (tertiary/aromatic N) is 4. The van der Waals surface area contributed by atoms with Crippen LogP contribution in [0.4, 0.5) is 0 Å². The van der Waals surface area contributed by atoms with Crippen molar-refractivity contribution in [2.75, 3.05) is 7.11 Å². The normalized spacial score (nSPS) is 12.1. The maximum Gasteiger partial charge on any atom is 0.119 e. The molecule has 0 saturated heterocycles. The molecule has 1 aromatic carbocycles. The van der Waals surface area contributed by atoms with Gasteiger partial charge >= 0.3 is 0 Å². The van der Waals surface area contributed by atoms with Gasteiger partial charge in [-0.1, -0.05) is 0 Å². The second-order valence-electron chi connectivity index (χ2n) is 6.98. The van der Waals surface area contributed by atoms with Gasteiger partial charge in [-0.3, -0.25) is 4.98 Å². The fourth-order valence-electron chi connectivity index (χ4n) is 3.51. The Morgan fingerprint density at radius 3 is 2.59 bits per heavy atom. The summed E-state index contributed by atoms with van der Waals surface area (Å²) in [7, 11) is 1.67. The largest absolute Gasteiger partial charge is 0.497 e. The minimum atomic E-state index is 0.166. The van der Waals surface area contributed by atoms with Crippen LogP contribution in [0.3, 0.4) is 0 Å². The van der Waals surface area contributed by atoms with Crippen LogP contribution in [0.15, 0.2) is 73.3 Å². The van der Waals surface area contributed by atoms with Gasteiger partial charge in [-0.25, -0.2) is 4.68 Å². The summed E-state index contributed by atoms with van der Waals surface area (Å²) in [5.74, 6) is 0.838.